The van der Waals surface area contributed by atoms with E-state index in [1.54, 1.807) is 41.1 Å². The van der Waals surface area contributed by atoms with Crippen LogP contribution in [-0.4, -0.2) is 15.7 Å². The zero-order chi connectivity index (χ0) is 18.0. The Kier molecular flexibility index (Phi) is 5.33. The second-order valence-electron chi connectivity index (χ2n) is 5.54. The third kappa shape index (κ3) is 4.34. The van der Waals surface area contributed by atoms with Gasteiger partial charge in [0.15, 0.2) is 5.82 Å². The molecule has 3 aromatic rings. The van der Waals surface area contributed by atoms with Crippen molar-refractivity contribution in [1.82, 2.24) is 9.78 Å². The molecule has 0 saturated heterocycles. The van der Waals surface area contributed by atoms with E-state index in [0.29, 0.717) is 33.0 Å². The second kappa shape index (κ2) is 7.48. The minimum Gasteiger partial charge on any atom is -0.305 e. The Morgan fingerprint density at radius 2 is 1.76 bits per heavy atom. The average molecular weight is 395 g/mol. The Morgan fingerprint density at radius 1 is 1.04 bits per heavy atom. The van der Waals surface area contributed by atoms with Crippen molar-refractivity contribution in [3.8, 4) is 0 Å². The monoisotopic (exact) mass is 393 g/mol. The van der Waals surface area contributed by atoms with E-state index in [1.165, 1.54) is 0 Å². The van der Waals surface area contributed by atoms with Gasteiger partial charge in [0.1, 0.15) is 0 Å². The lowest BCUT2D eigenvalue weighted by atomic mass is 10.2. The van der Waals surface area contributed by atoms with Crippen molar-refractivity contribution in [2.24, 2.45) is 0 Å². The van der Waals surface area contributed by atoms with Crippen molar-refractivity contribution in [3.05, 3.63) is 80.4 Å². The van der Waals surface area contributed by atoms with Gasteiger partial charge in [0, 0.05) is 22.3 Å². The van der Waals surface area contributed by atoms with E-state index >= 15 is 0 Å². The van der Waals surface area contributed by atoms with Crippen LogP contribution in [0.5, 0.6) is 0 Å². The number of nitrogens with zero attached hydrogens (tertiary/aromatic N) is 2. The number of hydrogen-bond acceptors (Lipinski definition) is 2. The topological polar surface area (TPSA) is 46.9 Å². The maximum atomic E-state index is 12.3. The van der Waals surface area contributed by atoms with Crippen molar-refractivity contribution in [1.29, 1.82) is 0 Å². The summed E-state index contributed by atoms with van der Waals surface area (Å²) in [6.07, 6.45) is 0. The molecule has 0 aliphatic rings. The molecule has 1 amide bonds. The lowest BCUT2D eigenvalue weighted by molar-refractivity contribution is 0.102. The summed E-state index contributed by atoms with van der Waals surface area (Å²) in [6.45, 7) is 2.45. The number of anilines is 1. The minimum absolute atomic E-state index is 0.240. The molecular weight excluding hydrogens is 381 g/mol. The molecule has 1 aromatic heterocycles. The predicted molar refractivity (Wildman–Crippen MR) is 102 cm³/mol. The third-order valence-corrected chi connectivity index (χ3v) is 4.64. The zero-order valence-corrected chi connectivity index (χ0v) is 15.5. The first-order chi connectivity index (χ1) is 11.9. The summed E-state index contributed by atoms with van der Waals surface area (Å²) in [5.74, 6) is 0.244. The molecule has 25 heavy (non-hydrogen) atoms. The molecule has 7 heteroatoms. The van der Waals surface area contributed by atoms with Crippen molar-refractivity contribution in [2.45, 2.75) is 13.5 Å². The number of carbonyl (C=O) groups excluding carboxylic acids is 1. The highest BCUT2D eigenvalue weighted by Gasteiger charge is 2.11. The summed E-state index contributed by atoms with van der Waals surface area (Å²) in [7, 11) is 0. The summed E-state index contributed by atoms with van der Waals surface area (Å²) in [5, 5.41) is 8.80. The minimum atomic E-state index is -0.240. The number of carbonyl (C=O) groups is 1. The number of rotatable bonds is 4. The van der Waals surface area contributed by atoms with E-state index in [1.807, 2.05) is 19.1 Å². The molecule has 1 heterocycles. The number of aromatic nitrogens is 2. The van der Waals surface area contributed by atoms with Crippen LogP contribution in [0.4, 0.5) is 5.82 Å². The van der Waals surface area contributed by atoms with Gasteiger partial charge in [-0.25, -0.2) is 0 Å². The van der Waals surface area contributed by atoms with Crippen LogP contribution in [0.15, 0.2) is 48.5 Å². The standard InChI is InChI=1S/C18H14Cl3N3O/c1-11-8-17(22-18(25)13-3-5-14(19)6-4-13)23-24(11)10-12-2-7-15(20)16(21)9-12/h2-9H,10H2,1H3,(H,22,23,25). The smallest absolute Gasteiger partial charge is 0.256 e. The molecule has 0 atom stereocenters. The number of aryl methyl sites for hydroxylation is 1. The molecular formula is C18H14Cl3N3O. The molecule has 2 aromatic carbocycles. The van der Waals surface area contributed by atoms with E-state index in [2.05, 4.69) is 10.4 Å². The van der Waals surface area contributed by atoms with Gasteiger partial charge in [0.2, 0.25) is 0 Å². The molecule has 4 nitrogen and oxygen atoms in total. The number of nitrogens with one attached hydrogen (secondary N) is 1. The highest BCUT2D eigenvalue weighted by Crippen LogP contribution is 2.23. The fraction of sp³-hybridized carbons (Fsp3) is 0.111. The number of hydrogen-bond donors (Lipinski definition) is 1. The average Bonchev–Trinajstić information content (AvgIpc) is 2.91. The second-order valence-corrected chi connectivity index (χ2v) is 6.79. The molecule has 3 rings (SSSR count). The van der Waals surface area contributed by atoms with Crippen LogP contribution < -0.4 is 5.32 Å². The first kappa shape index (κ1) is 17.8. The maximum absolute atomic E-state index is 12.3. The van der Waals surface area contributed by atoms with Crippen LogP contribution >= 0.6 is 34.8 Å². The Morgan fingerprint density at radius 3 is 2.44 bits per heavy atom. The molecule has 0 aliphatic heterocycles. The molecule has 0 spiro atoms. The molecule has 0 saturated carbocycles. The molecule has 0 aliphatic carbocycles. The van der Waals surface area contributed by atoms with Gasteiger partial charge in [-0.3, -0.25) is 9.48 Å². The third-order valence-electron chi connectivity index (χ3n) is 3.65. The number of amides is 1. The van der Waals surface area contributed by atoms with E-state index in [0.717, 1.165) is 11.3 Å². The summed E-state index contributed by atoms with van der Waals surface area (Å²) in [4.78, 5) is 12.3. The summed E-state index contributed by atoms with van der Waals surface area (Å²) >= 11 is 17.8. The molecule has 0 fully saturated rings. The number of benzene rings is 2. The van der Waals surface area contributed by atoms with E-state index in [4.69, 9.17) is 34.8 Å². The fourth-order valence-corrected chi connectivity index (χ4v) is 2.78. The fourth-order valence-electron chi connectivity index (χ4n) is 2.33. The van der Waals surface area contributed by atoms with Gasteiger partial charge in [-0.2, -0.15) is 5.10 Å². The lowest BCUT2D eigenvalue weighted by Gasteiger charge is -2.06. The van der Waals surface area contributed by atoms with Crippen molar-refractivity contribution in [2.75, 3.05) is 5.32 Å². The summed E-state index contributed by atoms with van der Waals surface area (Å²) in [5.41, 5.74) is 2.40. The van der Waals surface area contributed by atoms with E-state index in [-0.39, 0.29) is 5.91 Å². The van der Waals surface area contributed by atoms with E-state index in [9.17, 15) is 4.79 Å². The van der Waals surface area contributed by atoms with Crippen LogP contribution in [0, 0.1) is 6.92 Å². The summed E-state index contributed by atoms with van der Waals surface area (Å²) in [6, 6.07) is 13.9. The van der Waals surface area contributed by atoms with Crippen LogP contribution in [0.3, 0.4) is 0 Å². The van der Waals surface area contributed by atoms with Crippen LogP contribution in [-0.2, 0) is 6.54 Å². The largest absolute Gasteiger partial charge is 0.305 e. The highest BCUT2D eigenvalue weighted by atomic mass is 35.5. The molecule has 0 bridgehead atoms. The van der Waals surface area contributed by atoms with Gasteiger partial charge in [0.05, 0.1) is 16.6 Å². The zero-order valence-electron chi connectivity index (χ0n) is 13.3. The van der Waals surface area contributed by atoms with Gasteiger partial charge in [0.25, 0.3) is 5.91 Å². The first-order valence-corrected chi connectivity index (χ1v) is 8.61. The van der Waals surface area contributed by atoms with Crippen LogP contribution in [0.2, 0.25) is 15.1 Å². The van der Waals surface area contributed by atoms with Crippen LogP contribution in [0.25, 0.3) is 0 Å². The maximum Gasteiger partial charge on any atom is 0.256 e. The van der Waals surface area contributed by atoms with Gasteiger partial charge in [-0.15, -0.1) is 0 Å². The van der Waals surface area contributed by atoms with Crippen molar-refractivity contribution in [3.63, 3.8) is 0 Å². The van der Waals surface area contributed by atoms with Crippen molar-refractivity contribution >= 4 is 46.5 Å². The molecule has 128 valence electrons. The first-order valence-electron chi connectivity index (χ1n) is 7.47. The van der Waals surface area contributed by atoms with Gasteiger partial charge < -0.3 is 5.32 Å². The highest BCUT2D eigenvalue weighted by molar-refractivity contribution is 6.42. The SMILES string of the molecule is Cc1cc(NC(=O)c2ccc(Cl)cc2)nn1Cc1ccc(Cl)c(Cl)c1. The van der Waals surface area contributed by atoms with Gasteiger partial charge in [-0.1, -0.05) is 40.9 Å². The summed E-state index contributed by atoms with van der Waals surface area (Å²) < 4.78 is 1.79. The lowest BCUT2D eigenvalue weighted by Crippen LogP contribution is -2.12. The Bertz CT molecular complexity index is 920. The van der Waals surface area contributed by atoms with Gasteiger partial charge in [-0.05, 0) is 48.9 Å². The Labute approximate surface area is 160 Å². The normalized spacial score (nSPS) is 10.7. The Balaban J connectivity index is 1.74. The van der Waals surface area contributed by atoms with Crippen LogP contribution in [0.1, 0.15) is 21.6 Å². The predicted octanol–water partition coefficient (Wildman–Crippen LogP) is 5.45. The molecule has 1 N–H and O–H groups in total. The van der Waals surface area contributed by atoms with E-state index < -0.39 is 0 Å². The number of halogens is 3. The Hall–Kier alpha value is -2.01. The quantitative estimate of drug-likeness (QED) is 0.639. The molecule has 0 unspecified atom stereocenters. The van der Waals surface area contributed by atoms with Gasteiger partial charge >= 0.3 is 0 Å². The van der Waals surface area contributed by atoms with Crippen molar-refractivity contribution < 1.29 is 4.79 Å². The molecule has 0 radical (unpaired) electrons.